The Hall–Kier alpha value is -1.87. The van der Waals surface area contributed by atoms with E-state index in [2.05, 4.69) is 26.3 Å². The van der Waals surface area contributed by atoms with Crippen LogP contribution in [0, 0.1) is 11.3 Å². The van der Waals surface area contributed by atoms with E-state index in [1.165, 1.54) is 0 Å². The minimum atomic E-state index is -0.322. The third-order valence-electron chi connectivity index (χ3n) is 2.33. The number of nitriles is 1. The maximum absolute atomic E-state index is 11.4. The number of aryl methyl sites for hydroxylation is 1. The maximum Gasteiger partial charge on any atom is 0.238 e. The number of hydrogen-bond acceptors (Lipinski definition) is 3. The molecule has 1 heterocycles. The van der Waals surface area contributed by atoms with Crippen molar-refractivity contribution in [3.63, 3.8) is 0 Å². The number of halogens is 1. The molecule has 1 amide bonds. The summed E-state index contributed by atoms with van der Waals surface area (Å²) in [6, 6.07) is 7.33. The molecule has 0 radical (unpaired) electrons. The molecule has 6 heteroatoms. The van der Waals surface area contributed by atoms with Crippen molar-refractivity contribution in [2.75, 3.05) is 5.32 Å². The molecular formula is C11H9BrN4O. The van der Waals surface area contributed by atoms with Crippen LogP contribution >= 0.6 is 15.9 Å². The van der Waals surface area contributed by atoms with Crippen molar-refractivity contribution in [3.8, 4) is 6.07 Å². The first-order chi connectivity index (χ1) is 8.13. The summed E-state index contributed by atoms with van der Waals surface area (Å²) in [4.78, 5) is 11.4. The number of aromatic nitrogens is 2. The van der Waals surface area contributed by atoms with Gasteiger partial charge in [-0.15, -0.1) is 0 Å². The van der Waals surface area contributed by atoms with Crippen LogP contribution in [0.15, 0.2) is 22.8 Å². The first-order valence-electron chi connectivity index (χ1n) is 4.91. The van der Waals surface area contributed by atoms with E-state index >= 15 is 0 Å². The molecule has 2 aromatic rings. The molecule has 86 valence electrons. The number of rotatable bonds is 2. The van der Waals surface area contributed by atoms with Gasteiger partial charge in [0.2, 0.25) is 5.91 Å². The van der Waals surface area contributed by atoms with Gasteiger partial charge in [-0.1, -0.05) is 6.07 Å². The molecule has 1 aromatic carbocycles. The Morgan fingerprint density at radius 3 is 3.12 bits per heavy atom. The number of para-hydroxylation sites is 1. The molecule has 0 bridgehead atoms. The molecule has 0 aliphatic rings. The summed E-state index contributed by atoms with van der Waals surface area (Å²) in [6.07, 6.45) is -0.157. The maximum atomic E-state index is 11.4. The number of anilines is 1. The van der Waals surface area contributed by atoms with Gasteiger partial charge < -0.3 is 5.32 Å². The van der Waals surface area contributed by atoms with Crippen LogP contribution in [0.4, 0.5) is 5.69 Å². The summed E-state index contributed by atoms with van der Waals surface area (Å²) in [5.41, 5.74) is 1.48. The molecule has 0 aliphatic heterocycles. The zero-order valence-corrected chi connectivity index (χ0v) is 10.7. The molecule has 5 nitrogen and oxygen atoms in total. The summed E-state index contributed by atoms with van der Waals surface area (Å²) in [6.45, 7) is 0. The van der Waals surface area contributed by atoms with Crippen molar-refractivity contribution in [1.29, 1.82) is 5.26 Å². The lowest BCUT2D eigenvalue weighted by Gasteiger charge is -2.05. The molecule has 0 fully saturated rings. The topological polar surface area (TPSA) is 70.7 Å². The number of carbonyl (C=O) groups excluding carboxylic acids is 1. The fourth-order valence-corrected chi connectivity index (χ4v) is 2.22. The lowest BCUT2D eigenvalue weighted by atomic mass is 10.2. The largest absolute Gasteiger partial charge is 0.323 e. The van der Waals surface area contributed by atoms with Gasteiger partial charge in [0.25, 0.3) is 0 Å². The third kappa shape index (κ3) is 2.15. The second-order valence-corrected chi connectivity index (χ2v) is 4.25. The van der Waals surface area contributed by atoms with Crippen molar-refractivity contribution in [1.82, 2.24) is 9.78 Å². The summed E-state index contributed by atoms with van der Waals surface area (Å²) in [5.74, 6) is -0.322. The SMILES string of the molecule is Cn1nc(Br)c2cccc(NC(=O)CC#N)c21. The van der Waals surface area contributed by atoms with Gasteiger partial charge in [0.05, 0.1) is 17.3 Å². The van der Waals surface area contributed by atoms with E-state index in [0.717, 1.165) is 15.5 Å². The van der Waals surface area contributed by atoms with Gasteiger partial charge >= 0.3 is 0 Å². The first kappa shape index (κ1) is 11.6. The van der Waals surface area contributed by atoms with E-state index in [0.29, 0.717) is 5.69 Å². The highest BCUT2D eigenvalue weighted by Gasteiger charge is 2.11. The number of carbonyl (C=O) groups is 1. The van der Waals surface area contributed by atoms with Gasteiger partial charge in [0.1, 0.15) is 11.0 Å². The predicted molar refractivity (Wildman–Crippen MR) is 67.3 cm³/mol. The summed E-state index contributed by atoms with van der Waals surface area (Å²) < 4.78 is 2.41. The Labute approximate surface area is 106 Å². The lowest BCUT2D eigenvalue weighted by molar-refractivity contribution is -0.115. The highest BCUT2D eigenvalue weighted by atomic mass is 79.9. The predicted octanol–water partition coefficient (Wildman–Crippen LogP) is 2.19. The molecule has 1 N–H and O–H groups in total. The normalized spacial score (nSPS) is 10.2. The minimum absolute atomic E-state index is 0.157. The second-order valence-electron chi connectivity index (χ2n) is 3.50. The monoisotopic (exact) mass is 292 g/mol. The van der Waals surface area contributed by atoms with Crippen molar-refractivity contribution < 1.29 is 4.79 Å². The highest BCUT2D eigenvalue weighted by Crippen LogP contribution is 2.28. The average Bonchev–Trinajstić information content (AvgIpc) is 2.56. The Kier molecular flexibility index (Phi) is 3.11. The van der Waals surface area contributed by atoms with Gasteiger partial charge in [0, 0.05) is 12.4 Å². The Balaban J connectivity index is 2.48. The zero-order valence-electron chi connectivity index (χ0n) is 9.07. The summed E-state index contributed by atoms with van der Waals surface area (Å²) in [7, 11) is 1.80. The number of nitrogens with zero attached hydrogens (tertiary/aromatic N) is 3. The number of amides is 1. The van der Waals surface area contributed by atoms with Crippen LogP contribution in [0.25, 0.3) is 10.9 Å². The molecule has 2 rings (SSSR count). The van der Waals surface area contributed by atoms with E-state index in [4.69, 9.17) is 5.26 Å². The lowest BCUT2D eigenvalue weighted by Crippen LogP contribution is -2.11. The molecule has 0 aliphatic carbocycles. The summed E-state index contributed by atoms with van der Waals surface area (Å²) >= 11 is 3.35. The fraction of sp³-hybridized carbons (Fsp3) is 0.182. The zero-order chi connectivity index (χ0) is 12.4. The van der Waals surface area contributed by atoms with Crippen LogP contribution in [0.1, 0.15) is 6.42 Å². The Morgan fingerprint density at radius 1 is 1.65 bits per heavy atom. The van der Waals surface area contributed by atoms with E-state index in [1.807, 2.05) is 18.2 Å². The second kappa shape index (κ2) is 4.55. The molecule has 0 unspecified atom stereocenters. The van der Waals surface area contributed by atoms with E-state index in [-0.39, 0.29) is 12.3 Å². The molecular weight excluding hydrogens is 284 g/mol. The van der Waals surface area contributed by atoms with Crippen molar-refractivity contribution in [2.24, 2.45) is 7.05 Å². The van der Waals surface area contributed by atoms with E-state index < -0.39 is 0 Å². The van der Waals surface area contributed by atoms with E-state index in [9.17, 15) is 4.79 Å². The minimum Gasteiger partial charge on any atom is -0.323 e. The molecule has 17 heavy (non-hydrogen) atoms. The van der Waals surface area contributed by atoms with Crippen LogP contribution in [-0.4, -0.2) is 15.7 Å². The first-order valence-corrected chi connectivity index (χ1v) is 5.71. The standard InChI is InChI=1S/C11H9BrN4O/c1-16-10-7(11(12)15-16)3-2-4-8(10)14-9(17)5-6-13/h2-4H,5H2,1H3,(H,14,17). The Bertz CT molecular complexity index is 626. The highest BCUT2D eigenvalue weighted by molar-refractivity contribution is 9.10. The fourth-order valence-electron chi connectivity index (χ4n) is 1.66. The van der Waals surface area contributed by atoms with Crippen molar-refractivity contribution >= 4 is 38.4 Å². The molecule has 0 saturated carbocycles. The summed E-state index contributed by atoms with van der Waals surface area (Å²) in [5, 5.41) is 16.3. The third-order valence-corrected chi connectivity index (χ3v) is 2.92. The van der Waals surface area contributed by atoms with Crippen LogP contribution in [-0.2, 0) is 11.8 Å². The van der Waals surface area contributed by atoms with Crippen LogP contribution in [0.2, 0.25) is 0 Å². The number of fused-ring (bicyclic) bond motifs is 1. The van der Waals surface area contributed by atoms with Crippen LogP contribution < -0.4 is 5.32 Å². The quantitative estimate of drug-likeness (QED) is 0.922. The van der Waals surface area contributed by atoms with Crippen LogP contribution in [0.3, 0.4) is 0 Å². The number of nitrogens with one attached hydrogen (secondary N) is 1. The van der Waals surface area contributed by atoms with Gasteiger partial charge in [-0.05, 0) is 28.1 Å². The van der Waals surface area contributed by atoms with Crippen LogP contribution in [0.5, 0.6) is 0 Å². The van der Waals surface area contributed by atoms with Crippen molar-refractivity contribution in [3.05, 3.63) is 22.8 Å². The molecule has 0 saturated heterocycles. The molecule has 0 atom stereocenters. The van der Waals surface area contributed by atoms with Gasteiger partial charge in [-0.3, -0.25) is 9.48 Å². The van der Waals surface area contributed by atoms with Gasteiger partial charge in [-0.2, -0.15) is 10.4 Å². The smallest absolute Gasteiger partial charge is 0.238 e. The van der Waals surface area contributed by atoms with Gasteiger partial charge in [-0.25, -0.2) is 0 Å². The molecule has 1 aromatic heterocycles. The van der Waals surface area contributed by atoms with Crippen molar-refractivity contribution in [2.45, 2.75) is 6.42 Å². The number of benzene rings is 1. The number of hydrogen-bond donors (Lipinski definition) is 1. The molecule has 0 spiro atoms. The average molecular weight is 293 g/mol. The van der Waals surface area contributed by atoms with E-state index in [1.54, 1.807) is 17.8 Å². The Morgan fingerprint density at radius 2 is 2.41 bits per heavy atom. The van der Waals surface area contributed by atoms with Gasteiger partial charge in [0.15, 0.2) is 0 Å².